The highest BCUT2D eigenvalue weighted by Crippen LogP contribution is 2.44. The quantitative estimate of drug-likeness (QED) is 0.185. The van der Waals surface area contributed by atoms with Gasteiger partial charge in [0, 0.05) is 53.1 Å². The molecule has 0 spiro atoms. The molecule has 0 bridgehead atoms. The monoisotopic (exact) mass is 693 g/mol. The summed E-state index contributed by atoms with van der Waals surface area (Å²) in [6.45, 7) is 0. The van der Waals surface area contributed by atoms with Crippen LogP contribution in [-0.4, -0.2) is 14.5 Å². The van der Waals surface area contributed by atoms with E-state index in [2.05, 4.69) is 132 Å². The number of para-hydroxylation sites is 1. The molecule has 4 heterocycles. The SMILES string of the molecule is c1ccc(-c2nc(-c3cccc4c3sc3cc(-n5c6ccc7ccccc7c6c6c7ccccc7ccc65)ccc34)nc3c2oc2ccccc23)cc1. The van der Waals surface area contributed by atoms with E-state index in [1.54, 1.807) is 11.3 Å². The van der Waals surface area contributed by atoms with Gasteiger partial charge >= 0.3 is 0 Å². The first-order valence-electron chi connectivity index (χ1n) is 17.8. The van der Waals surface area contributed by atoms with Crippen molar-refractivity contribution in [2.24, 2.45) is 0 Å². The van der Waals surface area contributed by atoms with Crippen molar-refractivity contribution >= 4 is 96.9 Å². The Morgan fingerprint density at radius 3 is 1.92 bits per heavy atom. The van der Waals surface area contributed by atoms with Crippen molar-refractivity contribution in [2.45, 2.75) is 0 Å². The topological polar surface area (TPSA) is 43.9 Å². The van der Waals surface area contributed by atoms with Crippen molar-refractivity contribution in [2.75, 3.05) is 0 Å². The van der Waals surface area contributed by atoms with E-state index in [1.165, 1.54) is 63.5 Å². The normalized spacial score (nSPS) is 12.2. The third-order valence-electron chi connectivity index (χ3n) is 10.8. The summed E-state index contributed by atoms with van der Waals surface area (Å²) in [6.07, 6.45) is 0. The van der Waals surface area contributed by atoms with Crippen molar-refractivity contribution in [3.05, 3.63) is 164 Å². The van der Waals surface area contributed by atoms with Crippen molar-refractivity contribution in [3.8, 4) is 28.3 Å². The molecule has 246 valence electrons. The van der Waals surface area contributed by atoms with Gasteiger partial charge in [-0.15, -0.1) is 11.3 Å². The number of nitrogens with zero attached hydrogens (tertiary/aromatic N) is 3. The average Bonchev–Trinajstić information content (AvgIpc) is 3.90. The Labute approximate surface area is 306 Å². The number of benzene rings is 8. The minimum absolute atomic E-state index is 0.696. The summed E-state index contributed by atoms with van der Waals surface area (Å²) < 4.78 is 11.2. The number of hydrogen-bond acceptors (Lipinski definition) is 4. The molecule has 0 aliphatic carbocycles. The second-order valence-electron chi connectivity index (χ2n) is 13.7. The lowest BCUT2D eigenvalue weighted by Crippen LogP contribution is -1.94. The summed E-state index contributed by atoms with van der Waals surface area (Å²) in [5, 5.41) is 11.1. The maximum Gasteiger partial charge on any atom is 0.180 e. The van der Waals surface area contributed by atoms with Gasteiger partial charge in [-0.25, -0.2) is 9.97 Å². The number of fused-ring (bicyclic) bond motifs is 13. The summed E-state index contributed by atoms with van der Waals surface area (Å²) in [5.41, 5.74) is 8.72. The van der Waals surface area contributed by atoms with Crippen LogP contribution in [0.25, 0.3) is 114 Å². The van der Waals surface area contributed by atoms with Crippen LogP contribution < -0.4 is 0 Å². The molecule has 0 aliphatic heterocycles. The lowest BCUT2D eigenvalue weighted by atomic mass is 10.00. The van der Waals surface area contributed by atoms with Gasteiger partial charge in [-0.1, -0.05) is 121 Å². The average molecular weight is 694 g/mol. The van der Waals surface area contributed by atoms with Crippen LogP contribution in [0, 0.1) is 0 Å². The van der Waals surface area contributed by atoms with E-state index in [9.17, 15) is 0 Å². The van der Waals surface area contributed by atoms with E-state index in [1.807, 2.05) is 36.4 Å². The first kappa shape index (κ1) is 28.8. The maximum absolute atomic E-state index is 6.40. The van der Waals surface area contributed by atoms with Gasteiger partial charge in [0.2, 0.25) is 0 Å². The third kappa shape index (κ3) is 4.11. The molecule has 4 aromatic heterocycles. The van der Waals surface area contributed by atoms with Gasteiger partial charge in [0.1, 0.15) is 16.8 Å². The number of furan rings is 1. The summed E-state index contributed by atoms with van der Waals surface area (Å²) in [5.74, 6) is 0.696. The van der Waals surface area contributed by atoms with Crippen molar-refractivity contribution < 1.29 is 4.42 Å². The summed E-state index contributed by atoms with van der Waals surface area (Å²) in [4.78, 5) is 10.4. The van der Waals surface area contributed by atoms with Crippen LogP contribution >= 0.6 is 11.3 Å². The Kier molecular flexibility index (Phi) is 5.90. The van der Waals surface area contributed by atoms with Crippen molar-refractivity contribution in [1.82, 2.24) is 14.5 Å². The highest BCUT2D eigenvalue weighted by atomic mass is 32.1. The summed E-state index contributed by atoms with van der Waals surface area (Å²) in [6, 6.07) is 58.4. The lowest BCUT2D eigenvalue weighted by Gasteiger charge is -2.09. The molecule has 0 saturated carbocycles. The second kappa shape index (κ2) is 10.8. The smallest absolute Gasteiger partial charge is 0.180 e. The second-order valence-corrected chi connectivity index (χ2v) is 14.8. The number of aromatic nitrogens is 3. The van der Waals surface area contributed by atoms with E-state index in [-0.39, 0.29) is 0 Å². The molecule has 0 N–H and O–H groups in total. The van der Waals surface area contributed by atoms with Crippen molar-refractivity contribution in [3.63, 3.8) is 0 Å². The molecule has 0 amide bonds. The molecule has 0 unspecified atom stereocenters. The Bertz CT molecular complexity index is 3370. The van der Waals surface area contributed by atoms with E-state index >= 15 is 0 Å². The molecule has 5 heteroatoms. The Hall–Kier alpha value is -6.82. The zero-order valence-corrected chi connectivity index (χ0v) is 29.1. The fraction of sp³-hybridized carbons (Fsp3) is 0. The van der Waals surface area contributed by atoms with Gasteiger partial charge in [-0.3, -0.25) is 0 Å². The first-order chi connectivity index (χ1) is 26.3. The Morgan fingerprint density at radius 1 is 0.509 bits per heavy atom. The highest BCUT2D eigenvalue weighted by molar-refractivity contribution is 7.26. The van der Waals surface area contributed by atoms with Gasteiger partial charge in [0.05, 0.1) is 11.0 Å². The number of thiophene rings is 1. The standard InChI is InChI=1S/C48H27N3OS/c1-2-13-30(14-3-1)44-46-45(36-17-8-9-20-40(36)52-46)50-48(49-44)37-19-10-18-35-34-24-23-31(27-41(34)53-47(35)37)51-38-25-21-28-11-4-6-15-32(28)42(38)43-33-16-7-5-12-29(33)22-26-39(43)51/h1-27H. The predicted octanol–water partition coefficient (Wildman–Crippen LogP) is 13.5. The van der Waals surface area contributed by atoms with Crippen LogP contribution in [0.3, 0.4) is 0 Å². The molecule has 0 radical (unpaired) electrons. The van der Waals surface area contributed by atoms with Crippen molar-refractivity contribution in [1.29, 1.82) is 0 Å². The fourth-order valence-corrected chi connectivity index (χ4v) is 9.68. The van der Waals surface area contributed by atoms with Gasteiger partial charge < -0.3 is 8.98 Å². The van der Waals surface area contributed by atoms with Crippen LogP contribution in [0.2, 0.25) is 0 Å². The Balaban J connectivity index is 1.11. The van der Waals surface area contributed by atoms with E-state index in [0.29, 0.717) is 11.4 Å². The van der Waals surface area contributed by atoms with Crippen LogP contribution in [0.4, 0.5) is 0 Å². The van der Waals surface area contributed by atoms with E-state index < -0.39 is 0 Å². The third-order valence-corrected chi connectivity index (χ3v) is 12.0. The highest BCUT2D eigenvalue weighted by Gasteiger charge is 2.21. The minimum atomic E-state index is 0.696. The van der Waals surface area contributed by atoms with Crippen LogP contribution in [-0.2, 0) is 0 Å². The van der Waals surface area contributed by atoms with Gasteiger partial charge in [-0.2, -0.15) is 0 Å². The van der Waals surface area contributed by atoms with Gasteiger partial charge in [-0.05, 0) is 64.0 Å². The van der Waals surface area contributed by atoms with Gasteiger partial charge in [0.15, 0.2) is 11.4 Å². The molecule has 12 aromatic rings. The fourth-order valence-electron chi connectivity index (χ4n) is 8.43. The van der Waals surface area contributed by atoms with Crippen LogP contribution in [0.1, 0.15) is 0 Å². The van der Waals surface area contributed by atoms with Crippen LogP contribution in [0.5, 0.6) is 0 Å². The molecule has 0 atom stereocenters. The van der Waals surface area contributed by atoms with E-state index in [4.69, 9.17) is 14.4 Å². The zero-order chi connectivity index (χ0) is 34.6. The molecule has 12 rings (SSSR count). The lowest BCUT2D eigenvalue weighted by molar-refractivity contribution is 0.667. The molecular formula is C48H27N3OS. The summed E-state index contributed by atoms with van der Waals surface area (Å²) in [7, 11) is 0. The molecule has 0 saturated heterocycles. The molecule has 53 heavy (non-hydrogen) atoms. The Morgan fingerprint density at radius 2 is 1.17 bits per heavy atom. The molecule has 4 nitrogen and oxygen atoms in total. The van der Waals surface area contributed by atoms with E-state index in [0.717, 1.165) is 39.0 Å². The largest absolute Gasteiger partial charge is 0.452 e. The number of rotatable bonds is 3. The molecular weight excluding hydrogens is 667 g/mol. The zero-order valence-electron chi connectivity index (χ0n) is 28.2. The minimum Gasteiger partial charge on any atom is -0.452 e. The summed E-state index contributed by atoms with van der Waals surface area (Å²) >= 11 is 1.81. The maximum atomic E-state index is 6.40. The predicted molar refractivity (Wildman–Crippen MR) is 222 cm³/mol. The number of hydrogen-bond donors (Lipinski definition) is 0. The van der Waals surface area contributed by atoms with Gasteiger partial charge in [0.25, 0.3) is 0 Å². The van der Waals surface area contributed by atoms with Crippen LogP contribution in [0.15, 0.2) is 168 Å². The first-order valence-corrected chi connectivity index (χ1v) is 18.6. The molecule has 0 aliphatic rings. The molecule has 0 fully saturated rings. The molecule has 8 aromatic carbocycles.